The van der Waals surface area contributed by atoms with Crippen LogP contribution in [0.25, 0.3) is 0 Å². The van der Waals surface area contributed by atoms with Crippen molar-refractivity contribution in [2.24, 2.45) is 0 Å². The van der Waals surface area contributed by atoms with Gasteiger partial charge in [0.15, 0.2) is 0 Å². The molecule has 0 aromatic heterocycles. The molecule has 178 valence electrons. The Labute approximate surface area is 200 Å². The number of nitrogens with zero attached hydrogens (tertiary/aromatic N) is 1. The molecule has 8 nitrogen and oxygen atoms in total. The highest BCUT2D eigenvalue weighted by Gasteiger charge is 2.24. The molecule has 0 aliphatic carbocycles. The van der Waals surface area contributed by atoms with Crippen LogP contribution in [-0.4, -0.2) is 33.4 Å². The monoisotopic (exact) mass is 480 g/mol. The summed E-state index contributed by atoms with van der Waals surface area (Å²) in [6, 6.07) is 21.9. The van der Waals surface area contributed by atoms with Crippen LogP contribution in [0.3, 0.4) is 0 Å². The van der Waals surface area contributed by atoms with E-state index in [4.69, 9.17) is 0 Å². The molecule has 0 fully saturated rings. The van der Waals surface area contributed by atoms with Crippen LogP contribution in [0, 0.1) is 6.92 Å². The van der Waals surface area contributed by atoms with Crippen LogP contribution in [0.5, 0.6) is 0 Å². The summed E-state index contributed by atoms with van der Waals surface area (Å²) >= 11 is 0. The molecule has 0 unspecified atom stereocenters. The van der Waals surface area contributed by atoms with E-state index in [2.05, 4.69) is 16.0 Å². The molecule has 0 heterocycles. The molecule has 0 atom stereocenters. The van der Waals surface area contributed by atoms with E-state index in [9.17, 15) is 18.0 Å². The second kappa shape index (κ2) is 11.3. The molecular weight excluding hydrogens is 452 g/mol. The lowest BCUT2D eigenvalue weighted by atomic mass is 10.2. The van der Waals surface area contributed by atoms with Crippen molar-refractivity contribution in [3.05, 3.63) is 84.4 Å². The largest absolute Gasteiger partial charge is 0.338 e. The maximum atomic E-state index is 13.4. The van der Waals surface area contributed by atoms with Crippen LogP contribution >= 0.6 is 0 Å². The molecule has 3 N–H and O–H groups in total. The summed E-state index contributed by atoms with van der Waals surface area (Å²) in [5.74, 6) is -0.236. The van der Waals surface area contributed by atoms with Gasteiger partial charge in [-0.2, -0.15) is 0 Å². The maximum Gasteiger partial charge on any atom is 0.319 e. The first-order valence-corrected chi connectivity index (χ1v) is 12.3. The van der Waals surface area contributed by atoms with Crippen LogP contribution in [0.4, 0.5) is 21.9 Å². The van der Waals surface area contributed by atoms with E-state index in [1.54, 1.807) is 36.4 Å². The molecule has 0 radical (unpaired) electrons. The Bertz CT molecular complexity index is 1230. The molecular formula is C25H28N4O4S. The SMILES string of the molecule is CC(=O)Nc1ccc(S(=O)(=O)N(CCCNC(=O)Nc2ccccc2C)c2ccccc2)cc1. The predicted octanol–water partition coefficient (Wildman–Crippen LogP) is 4.36. The number of carbonyl (C=O) groups is 2. The zero-order valence-corrected chi connectivity index (χ0v) is 19.9. The quantitative estimate of drug-likeness (QED) is 0.396. The van der Waals surface area contributed by atoms with Gasteiger partial charge in [0.05, 0.1) is 10.6 Å². The number of aryl methyl sites for hydroxylation is 1. The van der Waals surface area contributed by atoms with E-state index in [0.717, 1.165) is 11.3 Å². The number of anilines is 3. The van der Waals surface area contributed by atoms with Crippen molar-refractivity contribution in [3.8, 4) is 0 Å². The summed E-state index contributed by atoms with van der Waals surface area (Å²) in [6.07, 6.45) is 0.402. The first-order valence-electron chi connectivity index (χ1n) is 10.8. The topological polar surface area (TPSA) is 108 Å². The summed E-state index contributed by atoms with van der Waals surface area (Å²) < 4.78 is 28.1. The average molecular weight is 481 g/mol. The Hall–Kier alpha value is -3.85. The second-order valence-corrected chi connectivity index (χ2v) is 9.53. The Morgan fingerprint density at radius 1 is 0.853 bits per heavy atom. The first-order chi connectivity index (χ1) is 16.3. The third kappa shape index (κ3) is 6.58. The van der Waals surface area contributed by atoms with Crippen LogP contribution < -0.4 is 20.3 Å². The van der Waals surface area contributed by atoms with Crippen molar-refractivity contribution >= 4 is 39.0 Å². The number of sulfonamides is 1. The minimum absolute atomic E-state index is 0.107. The number of carbonyl (C=O) groups excluding carboxylic acids is 2. The zero-order chi connectivity index (χ0) is 24.6. The third-order valence-electron chi connectivity index (χ3n) is 5.02. The molecule has 0 aliphatic heterocycles. The average Bonchev–Trinajstić information content (AvgIpc) is 2.81. The molecule has 3 aromatic rings. The van der Waals surface area contributed by atoms with E-state index in [1.807, 2.05) is 37.3 Å². The third-order valence-corrected chi connectivity index (χ3v) is 6.87. The van der Waals surface area contributed by atoms with E-state index < -0.39 is 10.0 Å². The van der Waals surface area contributed by atoms with Crippen LogP contribution in [0.2, 0.25) is 0 Å². The summed E-state index contributed by atoms with van der Waals surface area (Å²) in [5, 5.41) is 8.19. The van der Waals surface area contributed by atoms with Gasteiger partial charge in [-0.3, -0.25) is 9.10 Å². The predicted molar refractivity (Wildman–Crippen MR) is 135 cm³/mol. The van der Waals surface area contributed by atoms with E-state index in [1.165, 1.54) is 23.4 Å². The number of nitrogens with one attached hydrogen (secondary N) is 3. The zero-order valence-electron chi connectivity index (χ0n) is 19.1. The van der Waals surface area contributed by atoms with Gasteiger partial charge in [-0.25, -0.2) is 13.2 Å². The fourth-order valence-corrected chi connectivity index (χ4v) is 4.83. The van der Waals surface area contributed by atoms with E-state index in [-0.39, 0.29) is 29.9 Å². The molecule has 9 heteroatoms. The highest BCUT2D eigenvalue weighted by Crippen LogP contribution is 2.25. The summed E-state index contributed by atoms with van der Waals surface area (Å²) in [7, 11) is -3.86. The van der Waals surface area contributed by atoms with E-state index >= 15 is 0 Å². The molecule has 0 saturated heterocycles. The fraction of sp³-hybridized carbons (Fsp3) is 0.200. The number of urea groups is 1. The molecule has 0 bridgehead atoms. The number of hydrogen-bond acceptors (Lipinski definition) is 4. The molecule has 0 aliphatic rings. The van der Waals surface area contributed by atoms with Crippen LogP contribution in [0.15, 0.2) is 83.8 Å². The maximum absolute atomic E-state index is 13.4. The Balaban J connectivity index is 1.67. The first kappa shape index (κ1) is 24.8. The van der Waals surface area contributed by atoms with Crippen molar-refractivity contribution in [3.63, 3.8) is 0 Å². The van der Waals surface area contributed by atoms with E-state index in [0.29, 0.717) is 17.8 Å². The summed E-state index contributed by atoms with van der Waals surface area (Å²) in [4.78, 5) is 23.6. The summed E-state index contributed by atoms with van der Waals surface area (Å²) in [5.41, 5.74) is 2.71. The molecule has 3 rings (SSSR count). The Morgan fingerprint density at radius 3 is 2.15 bits per heavy atom. The van der Waals surface area contributed by atoms with Gasteiger partial charge in [-0.05, 0) is 61.4 Å². The van der Waals surface area contributed by atoms with Crippen molar-refractivity contribution in [2.45, 2.75) is 25.2 Å². The number of amides is 3. The minimum Gasteiger partial charge on any atom is -0.338 e. The van der Waals surface area contributed by atoms with Crippen molar-refractivity contribution in [1.29, 1.82) is 0 Å². The number of benzene rings is 3. The van der Waals surface area contributed by atoms with Gasteiger partial charge in [0.1, 0.15) is 0 Å². The number of para-hydroxylation sites is 2. The van der Waals surface area contributed by atoms with Crippen molar-refractivity contribution in [2.75, 3.05) is 28.0 Å². The van der Waals surface area contributed by atoms with Crippen molar-refractivity contribution in [1.82, 2.24) is 5.32 Å². The highest BCUT2D eigenvalue weighted by atomic mass is 32.2. The molecule has 0 saturated carbocycles. The molecule has 3 aromatic carbocycles. The molecule has 3 amide bonds. The Morgan fingerprint density at radius 2 is 1.50 bits per heavy atom. The van der Waals surface area contributed by atoms with Gasteiger partial charge in [0.25, 0.3) is 10.0 Å². The number of rotatable bonds is 9. The van der Waals surface area contributed by atoms with Gasteiger partial charge in [-0.1, -0.05) is 36.4 Å². The van der Waals surface area contributed by atoms with Crippen molar-refractivity contribution < 1.29 is 18.0 Å². The minimum atomic E-state index is -3.86. The normalized spacial score (nSPS) is 10.9. The summed E-state index contributed by atoms with van der Waals surface area (Å²) in [6.45, 7) is 3.75. The number of hydrogen-bond donors (Lipinski definition) is 3. The standard InChI is InChI=1S/C25H28N4O4S/c1-19-9-6-7-12-24(19)28-25(31)26-17-8-18-29(22-10-4-3-5-11-22)34(32,33)23-15-13-21(14-16-23)27-20(2)30/h3-7,9-16H,8,17-18H2,1-2H3,(H,27,30)(H2,26,28,31). The van der Waals surface area contributed by atoms with Crippen LogP contribution in [0.1, 0.15) is 18.9 Å². The lowest BCUT2D eigenvalue weighted by molar-refractivity contribution is -0.114. The van der Waals surface area contributed by atoms with Gasteiger partial charge < -0.3 is 16.0 Å². The van der Waals surface area contributed by atoms with Crippen LogP contribution in [-0.2, 0) is 14.8 Å². The van der Waals surface area contributed by atoms with Gasteiger partial charge >= 0.3 is 6.03 Å². The van der Waals surface area contributed by atoms with Gasteiger partial charge in [-0.15, -0.1) is 0 Å². The lowest BCUT2D eigenvalue weighted by Gasteiger charge is -2.25. The lowest BCUT2D eigenvalue weighted by Crippen LogP contribution is -2.35. The smallest absolute Gasteiger partial charge is 0.319 e. The highest BCUT2D eigenvalue weighted by molar-refractivity contribution is 7.92. The second-order valence-electron chi connectivity index (χ2n) is 7.67. The van der Waals surface area contributed by atoms with Gasteiger partial charge in [0, 0.05) is 31.4 Å². The molecule has 0 spiro atoms. The fourth-order valence-electron chi connectivity index (χ4n) is 3.33. The van der Waals surface area contributed by atoms with Gasteiger partial charge in [0.2, 0.25) is 5.91 Å². The molecule has 34 heavy (non-hydrogen) atoms. The Kier molecular flexibility index (Phi) is 8.26.